The average Bonchev–Trinajstić information content (AvgIpc) is 3.37. The van der Waals surface area contributed by atoms with Gasteiger partial charge >= 0.3 is 0 Å². The lowest BCUT2D eigenvalue weighted by Gasteiger charge is -2.18. The second-order valence-corrected chi connectivity index (χ2v) is 10.6. The van der Waals surface area contributed by atoms with E-state index in [1.807, 2.05) is 56.3 Å². The van der Waals surface area contributed by atoms with Gasteiger partial charge in [0.25, 0.3) is 0 Å². The highest BCUT2D eigenvalue weighted by Gasteiger charge is 2.32. The third-order valence-electron chi connectivity index (χ3n) is 5.77. The van der Waals surface area contributed by atoms with Crippen LogP contribution in [-0.4, -0.2) is 20.7 Å². The SMILES string of the molecule is Cc1ccc(C)c(NC(=O)[C@H](Sc2nnc(Cc3cccs3)n2C2CC2)c2ccccc2)c1. The van der Waals surface area contributed by atoms with E-state index in [0.29, 0.717) is 6.04 Å². The Labute approximate surface area is 202 Å². The van der Waals surface area contributed by atoms with Gasteiger partial charge in [-0.05, 0) is 60.9 Å². The van der Waals surface area contributed by atoms with Crippen molar-refractivity contribution in [1.82, 2.24) is 14.8 Å². The van der Waals surface area contributed by atoms with E-state index in [1.54, 1.807) is 11.3 Å². The van der Waals surface area contributed by atoms with Crippen molar-refractivity contribution in [1.29, 1.82) is 0 Å². The minimum atomic E-state index is -0.428. The normalized spacial score (nSPS) is 14.2. The molecule has 2 heterocycles. The minimum absolute atomic E-state index is 0.0509. The number of rotatable bonds is 8. The Kier molecular flexibility index (Phi) is 6.33. The first kappa shape index (κ1) is 21.9. The Morgan fingerprint density at radius 2 is 1.94 bits per heavy atom. The zero-order valence-corrected chi connectivity index (χ0v) is 20.3. The number of nitrogens with one attached hydrogen (secondary N) is 1. The van der Waals surface area contributed by atoms with Crippen LogP contribution in [0.15, 0.2) is 71.2 Å². The number of hydrogen-bond acceptors (Lipinski definition) is 5. The van der Waals surface area contributed by atoms with Crippen LogP contribution in [0.5, 0.6) is 0 Å². The maximum atomic E-state index is 13.6. The molecule has 4 aromatic rings. The van der Waals surface area contributed by atoms with Crippen molar-refractivity contribution in [3.8, 4) is 0 Å². The van der Waals surface area contributed by atoms with Gasteiger partial charge in [-0.2, -0.15) is 0 Å². The number of carbonyl (C=O) groups excluding carboxylic acids is 1. The summed E-state index contributed by atoms with van der Waals surface area (Å²) in [6, 6.07) is 20.7. The molecule has 1 aliphatic rings. The third-order valence-corrected chi connectivity index (χ3v) is 7.86. The van der Waals surface area contributed by atoms with Crippen molar-refractivity contribution in [3.05, 3.63) is 93.4 Å². The summed E-state index contributed by atoms with van der Waals surface area (Å²) < 4.78 is 2.26. The molecule has 2 aromatic carbocycles. The quantitative estimate of drug-likeness (QED) is 0.302. The molecule has 2 aromatic heterocycles. The Morgan fingerprint density at radius 1 is 1.12 bits per heavy atom. The van der Waals surface area contributed by atoms with E-state index in [2.05, 4.69) is 43.7 Å². The van der Waals surface area contributed by atoms with Crippen LogP contribution in [0.3, 0.4) is 0 Å². The molecule has 0 saturated heterocycles. The molecule has 5 nitrogen and oxygen atoms in total. The second-order valence-electron chi connectivity index (χ2n) is 8.47. The summed E-state index contributed by atoms with van der Waals surface area (Å²) in [4.78, 5) is 14.8. The standard InChI is InChI=1S/C26H26N4OS2/c1-17-10-11-18(2)22(15-17)27-25(31)24(19-7-4-3-5-8-19)33-26-29-28-23(30(26)20-12-13-20)16-21-9-6-14-32-21/h3-11,14-15,20,24H,12-13,16H2,1-2H3,(H,27,31)/t24-/m1/s1. The van der Waals surface area contributed by atoms with E-state index in [-0.39, 0.29) is 5.91 Å². The van der Waals surface area contributed by atoms with Crippen LogP contribution in [0.4, 0.5) is 5.69 Å². The highest BCUT2D eigenvalue weighted by Crippen LogP contribution is 2.43. The Hall–Kier alpha value is -2.90. The Balaban J connectivity index is 1.45. The number of benzene rings is 2. The molecule has 7 heteroatoms. The number of thiophene rings is 1. The van der Waals surface area contributed by atoms with Crippen molar-refractivity contribution in [3.63, 3.8) is 0 Å². The van der Waals surface area contributed by atoms with E-state index in [9.17, 15) is 4.79 Å². The van der Waals surface area contributed by atoms with Crippen molar-refractivity contribution in [2.45, 2.75) is 49.6 Å². The Bertz CT molecular complexity index is 1250. The predicted octanol–water partition coefficient (Wildman–Crippen LogP) is 6.35. The summed E-state index contributed by atoms with van der Waals surface area (Å²) in [5.74, 6) is 0.925. The van der Waals surface area contributed by atoms with Gasteiger partial charge in [-0.15, -0.1) is 21.5 Å². The molecule has 0 bridgehead atoms. The summed E-state index contributed by atoms with van der Waals surface area (Å²) in [5, 5.41) is 14.7. The van der Waals surface area contributed by atoms with E-state index >= 15 is 0 Å². The molecule has 5 rings (SSSR count). The van der Waals surface area contributed by atoms with Gasteiger partial charge in [-0.1, -0.05) is 60.3 Å². The first-order chi connectivity index (χ1) is 16.1. The van der Waals surface area contributed by atoms with E-state index in [1.165, 1.54) is 16.6 Å². The summed E-state index contributed by atoms with van der Waals surface area (Å²) >= 11 is 3.22. The fraction of sp³-hybridized carbons (Fsp3) is 0.269. The van der Waals surface area contributed by atoms with Gasteiger partial charge in [-0.25, -0.2) is 0 Å². The lowest BCUT2D eigenvalue weighted by molar-refractivity contribution is -0.115. The molecule has 1 atom stereocenters. The molecular formula is C26H26N4OS2. The van der Waals surface area contributed by atoms with E-state index < -0.39 is 5.25 Å². The summed E-state index contributed by atoms with van der Waals surface area (Å²) in [6.45, 7) is 4.05. The van der Waals surface area contributed by atoms with Crippen LogP contribution in [0.25, 0.3) is 0 Å². The topological polar surface area (TPSA) is 59.8 Å². The predicted molar refractivity (Wildman–Crippen MR) is 135 cm³/mol. The van der Waals surface area contributed by atoms with Gasteiger partial charge in [0.05, 0.1) is 0 Å². The highest BCUT2D eigenvalue weighted by molar-refractivity contribution is 8.00. The van der Waals surface area contributed by atoms with Crippen LogP contribution >= 0.6 is 23.1 Å². The highest BCUT2D eigenvalue weighted by atomic mass is 32.2. The zero-order chi connectivity index (χ0) is 22.8. The molecular weight excluding hydrogens is 448 g/mol. The number of thioether (sulfide) groups is 1. The van der Waals surface area contributed by atoms with E-state index in [0.717, 1.165) is 52.6 Å². The van der Waals surface area contributed by atoms with Crippen LogP contribution < -0.4 is 5.32 Å². The molecule has 1 saturated carbocycles. The maximum Gasteiger partial charge on any atom is 0.242 e. The number of aryl methyl sites for hydroxylation is 2. The summed E-state index contributed by atoms with van der Waals surface area (Å²) in [7, 11) is 0. The number of nitrogens with zero attached hydrogens (tertiary/aromatic N) is 3. The zero-order valence-electron chi connectivity index (χ0n) is 18.7. The van der Waals surface area contributed by atoms with Crippen LogP contribution in [-0.2, 0) is 11.2 Å². The van der Waals surface area contributed by atoms with Gasteiger partial charge in [0.1, 0.15) is 11.1 Å². The molecule has 33 heavy (non-hydrogen) atoms. The largest absolute Gasteiger partial charge is 0.325 e. The molecule has 1 fully saturated rings. The van der Waals surface area contributed by atoms with Crippen LogP contribution in [0, 0.1) is 13.8 Å². The third kappa shape index (κ3) is 5.04. The lowest BCUT2D eigenvalue weighted by atomic mass is 10.1. The van der Waals surface area contributed by atoms with Gasteiger partial charge in [0, 0.05) is 23.0 Å². The minimum Gasteiger partial charge on any atom is -0.325 e. The van der Waals surface area contributed by atoms with Crippen molar-refractivity contribution < 1.29 is 4.79 Å². The second kappa shape index (κ2) is 9.53. The first-order valence-electron chi connectivity index (χ1n) is 11.1. The molecule has 168 valence electrons. The molecule has 0 unspecified atom stereocenters. The number of hydrogen-bond donors (Lipinski definition) is 1. The number of amides is 1. The number of anilines is 1. The molecule has 1 aliphatic carbocycles. The lowest BCUT2D eigenvalue weighted by Crippen LogP contribution is -2.20. The van der Waals surface area contributed by atoms with Gasteiger partial charge in [-0.3, -0.25) is 4.79 Å². The van der Waals surface area contributed by atoms with Crippen LogP contribution in [0.2, 0.25) is 0 Å². The number of carbonyl (C=O) groups is 1. The smallest absolute Gasteiger partial charge is 0.242 e. The number of aromatic nitrogens is 3. The molecule has 0 spiro atoms. The first-order valence-corrected chi connectivity index (χ1v) is 12.9. The van der Waals surface area contributed by atoms with Crippen molar-refractivity contribution >= 4 is 34.7 Å². The fourth-order valence-corrected chi connectivity index (χ4v) is 5.68. The monoisotopic (exact) mass is 474 g/mol. The maximum absolute atomic E-state index is 13.6. The molecule has 0 aliphatic heterocycles. The Morgan fingerprint density at radius 3 is 2.67 bits per heavy atom. The van der Waals surface area contributed by atoms with E-state index in [4.69, 9.17) is 0 Å². The molecule has 0 radical (unpaired) electrons. The molecule has 1 amide bonds. The van der Waals surface area contributed by atoms with Gasteiger partial charge in [0.2, 0.25) is 5.91 Å². The summed E-state index contributed by atoms with van der Waals surface area (Å²) in [5.41, 5.74) is 3.97. The van der Waals surface area contributed by atoms with Gasteiger partial charge < -0.3 is 9.88 Å². The summed E-state index contributed by atoms with van der Waals surface area (Å²) in [6.07, 6.45) is 3.04. The van der Waals surface area contributed by atoms with Crippen molar-refractivity contribution in [2.24, 2.45) is 0 Å². The van der Waals surface area contributed by atoms with Gasteiger partial charge in [0.15, 0.2) is 5.16 Å². The average molecular weight is 475 g/mol. The fourth-order valence-electron chi connectivity index (χ4n) is 3.85. The van der Waals surface area contributed by atoms with Crippen molar-refractivity contribution in [2.75, 3.05) is 5.32 Å². The molecule has 1 N–H and O–H groups in total. The van der Waals surface area contributed by atoms with Crippen LogP contribution in [0.1, 0.15) is 51.5 Å².